The Morgan fingerprint density at radius 1 is 1.32 bits per heavy atom. The van der Waals surface area contributed by atoms with Gasteiger partial charge in [-0.3, -0.25) is 19.3 Å². The summed E-state index contributed by atoms with van der Waals surface area (Å²) in [5.74, 6) is -0.469. The van der Waals surface area contributed by atoms with E-state index in [2.05, 4.69) is 5.32 Å². The highest BCUT2D eigenvalue weighted by atomic mass is 35.5. The zero-order valence-corrected chi connectivity index (χ0v) is 16.0. The second kappa shape index (κ2) is 9.27. The highest BCUT2D eigenvalue weighted by Crippen LogP contribution is 2.34. The van der Waals surface area contributed by atoms with Gasteiger partial charge in [-0.1, -0.05) is 48.7 Å². The molecule has 1 aromatic rings. The molecule has 0 unspecified atom stereocenters. The van der Waals surface area contributed by atoms with E-state index in [1.54, 1.807) is 24.3 Å². The van der Waals surface area contributed by atoms with Gasteiger partial charge in [0.2, 0.25) is 5.91 Å². The summed E-state index contributed by atoms with van der Waals surface area (Å²) in [6.45, 7) is 2.39. The largest absolute Gasteiger partial charge is 0.354 e. The van der Waals surface area contributed by atoms with Crippen molar-refractivity contribution >= 4 is 58.1 Å². The molecule has 0 aromatic heterocycles. The van der Waals surface area contributed by atoms with Gasteiger partial charge in [-0.25, -0.2) is 0 Å². The Bertz CT molecular complexity index is 722. The van der Waals surface area contributed by atoms with E-state index in [9.17, 15) is 14.4 Å². The molecule has 1 saturated heterocycles. The molecule has 0 saturated carbocycles. The number of thioether (sulfide) groups is 1. The summed E-state index contributed by atoms with van der Waals surface area (Å²) in [5, 5.41) is 3.06. The Morgan fingerprint density at radius 3 is 2.80 bits per heavy atom. The smallest absolute Gasteiger partial charge is 0.293 e. The highest BCUT2D eigenvalue weighted by molar-refractivity contribution is 8.18. The van der Waals surface area contributed by atoms with Crippen LogP contribution in [0.4, 0.5) is 4.79 Å². The van der Waals surface area contributed by atoms with Crippen molar-refractivity contribution in [3.8, 4) is 0 Å². The number of rotatable bonds is 7. The Kier molecular flexibility index (Phi) is 7.35. The fourth-order valence-corrected chi connectivity index (χ4v) is 3.42. The lowest BCUT2D eigenvalue weighted by Gasteiger charge is -2.12. The van der Waals surface area contributed by atoms with Gasteiger partial charge in [0.15, 0.2) is 0 Å². The molecule has 0 aliphatic carbocycles. The number of carbonyl (C=O) groups is 3. The third-order valence-corrected chi connectivity index (χ3v) is 5.30. The standard InChI is InChI=1S/C17H18Cl2N2O3S/c1-2-3-7-14(22)20-8-9-21-16(23)13(25-17(21)24)10-11-5-4-6-12(18)15(11)19/h4-6,10H,2-3,7-9H2,1H3,(H,20,22)/b13-10-. The van der Waals surface area contributed by atoms with E-state index < -0.39 is 5.91 Å². The molecule has 3 amide bonds. The zero-order chi connectivity index (χ0) is 18.4. The predicted molar refractivity (Wildman–Crippen MR) is 102 cm³/mol. The van der Waals surface area contributed by atoms with Crippen molar-refractivity contribution in [2.24, 2.45) is 0 Å². The van der Waals surface area contributed by atoms with Crippen LogP contribution in [0.3, 0.4) is 0 Å². The molecule has 1 aliphatic heterocycles. The summed E-state index contributed by atoms with van der Waals surface area (Å²) < 4.78 is 0. The third kappa shape index (κ3) is 5.23. The minimum Gasteiger partial charge on any atom is -0.354 e. The van der Waals surface area contributed by atoms with Gasteiger partial charge in [0.1, 0.15) is 0 Å². The maximum absolute atomic E-state index is 12.4. The average molecular weight is 401 g/mol. The Hall–Kier alpha value is -1.50. The molecule has 134 valence electrons. The number of unbranched alkanes of at least 4 members (excludes halogenated alkanes) is 1. The van der Waals surface area contributed by atoms with Crippen LogP contribution in [-0.2, 0) is 9.59 Å². The summed E-state index contributed by atoms with van der Waals surface area (Å²) in [4.78, 5) is 37.4. The van der Waals surface area contributed by atoms with Crippen LogP contribution in [0.5, 0.6) is 0 Å². The molecule has 2 rings (SSSR count). The van der Waals surface area contributed by atoms with E-state index in [0.717, 1.165) is 29.5 Å². The number of hydrogen-bond acceptors (Lipinski definition) is 4. The lowest BCUT2D eigenvalue weighted by molar-refractivity contribution is -0.124. The van der Waals surface area contributed by atoms with Gasteiger partial charge in [-0.15, -0.1) is 0 Å². The van der Waals surface area contributed by atoms with Crippen LogP contribution in [0.2, 0.25) is 10.0 Å². The summed E-state index contributed by atoms with van der Waals surface area (Å²) in [5.41, 5.74) is 0.576. The number of hydrogen-bond donors (Lipinski definition) is 1. The third-order valence-electron chi connectivity index (χ3n) is 3.56. The van der Waals surface area contributed by atoms with Gasteiger partial charge < -0.3 is 5.32 Å². The van der Waals surface area contributed by atoms with Crippen LogP contribution in [0.15, 0.2) is 23.1 Å². The monoisotopic (exact) mass is 400 g/mol. The van der Waals surface area contributed by atoms with Crippen molar-refractivity contribution in [1.29, 1.82) is 0 Å². The molecule has 25 heavy (non-hydrogen) atoms. The molecule has 1 heterocycles. The number of amides is 3. The molecule has 1 N–H and O–H groups in total. The number of carbonyl (C=O) groups excluding carboxylic acids is 3. The fraction of sp³-hybridized carbons (Fsp3) is 0.353. The second-order valence-corrected chi connectivity index (χ2v) is 7.21. The van der Waals surface area contributed by atoms with Crippen LogP contribution < -0.4 is 5.32 Å². The quantitative estimate of drug-likeness (QED) is 0.691. The first-order chi connectivity index (χ1) is 11.9. The van der Waals surface area contributed by atoms with Gasteiger partial charge >= 0.3 is 0 Å². The van der Waals surface area contributed by atoms with Crippen LogP contribution in [0, 0.1) is 0 Å². The van der Waals surface area contributed by atoms with E-state index in [0.29, 0.717) is 22.0 Å². The topological polar surface area (TPSA) is 66.5 Å². The summed E-state index contributed by atoms with van der Waals surface area (Å²) in [7, 11) is 0. The van der Waals surface area contributed by atoms with E-state index >= 15 is 0 Å². The van der Waals surface area contributed by atoms with E-state index in [-0.39, 0.29) is 29.1 Å². The first-order valence-electron chi connectivity index (χ1n) is 7.90. The molecule has 1 aliphatic rings. The molecule has 0 bridgehead atoms. The molecule has 0 atom stereocenters. The number of imide groups is 1. The summed E-state index contributed by atoms with van der Waals surface area (Å²) in [6.07, 6.45) is 3.76. The van der Waals surface area contributed by atoms with Crippen molar-refractivity contribution < 1.29 is 14.4 Å². The van der Waals surface area contributed by atoms with Crippen molar-refractivity contribution in [3.05, 3.63) is 38.7 Å². The number of nitrogens with one attached hydrogen (secondary N) is 1. The second-order valence-electron chi connectivity index (χ2n) is 5.43. The molecule has 1 aromatic carbocycles. The number of nitrogens with zero attached hydrogens (tertiary/aromatic N) is 1. The van der Waals surface area contributed by atoms with Crippen LogP contribution in [-0.4, -0.2) is 35.0 Å². The maximum atomic E-state index is 12.4. The lowest BCUT2D eigenvalue weighted by Crippen LogP contribution is -2.37. The van der Waals surface area contributed by atoms with Gasteiger partial charge in [0.25, 0.3) is 11.1 Å². The normalized spacial score (nSPS) is 16.0. The number of halogens is 2. The van der Waals surface area contributed by atoms with Crippen LogP contribution in [0.1, 0.15) is 31.7 Å². The highest BCUT2D eigenvalue weighted by Gasteiger charge is 2.34. The Morgan fingerprint density at radius 2 is 2.08 bits per heavy atom. The van der Waals surface area contributed by atoms with E-state index in [1.165, 1.54) is 0 Å². The Balaban J connectivity index is 1.99. The average Bonchev–Trinajstić information content (AvgIpc) is 2.84. The SMILES string of the molecule is CCCCC(=O)NCCN1C(=O)S/C(=C\c2cccc(Cl)c2Cl)C1=O. The van der Waals surface area contributed by atoms with Gasteiger partial charge in [0, 0.05) is 19.5 Å². The molecule has 0 radical (unpaired) electrons. The van der Waals surface area contributed by atoms with Crippen molar-refractivity contribution in [3.63, 3.8) is 0 Å². The van der Waals surface area contributed by atoms with Crippen molar-refractivity contribution in [1.82, 2.24) is 10.2 Å². The van der Waals surface area contributed by atoms with Crippen molar-refractivity contribution in [2.45, 2.75) is 26.2 Å². The van der Waals surface area contributed by atoms with Gasteiger partial charge in [-0.2, -0.15) is 0 Å². The minimum absolute atomic E-state index is 0.0740. The lowest BCUT2D eigenvalue weighted by atomic mass is 10.2. The first kappa shape index (κ1) is 19.8. The minimum atomic E-state index is -0.395. The van der Waals surface area contributed by atoms with Gasteiger partial charge in [-0.05, 0) is 35.9 Å². The number of benzene rings is 1. The summed E-state index contributed by atoms with van der Waals surface area (Å²) in [6, 6.07) is 5.08. The van der Waals surface area contributed by atoms with E-state index in [4.69, 9.17) is 23.2 Å². The molecular formula is C17H18Cl2N2O3S. The Labute approximate surface area is 160 Å². The maximum Gasteiger partial charge on any atom is 0.293 e. The fourth-order valence-electron chi connectivity index (χ4n) is 2.20. The van der Waals surface area contributed by atoms with Gasteiger partial charge in [0.05, 0.1) is 15.0 Å². The molecule has 1 fully saturated rings. The van der Waals surface area contributed by atoms with Crippen LogP contribution in [0.25, 0.3) is 6.08 Å². The summed E-state index contributed by atoms with van der Waals surface area (Å²) >= 11 is 12.9. The molecule has 5 nitrogen and oxygen atoms in total. The molecule has 0 spiro atoms. The zero-order valence-electron chi connectivity index (χ0n) is 13.7. The molecule has 8 heteroatoms. The predicted octanol–water partition coefficient (Wildman–Crippen LogP) is 4.34. The first-order valence-corrected chi connectivity index (χ1v) is 9.47. The van der Waals surface area contributed by atoms with E-state index in [1.807, 2.05) is 6.92 Å². The molecular weight excluding hydrogens is 383 g/mol. The van der Waals surface area contributed by atoms with Crippen LogP contribution >= 0.6 is 35.0 Å². The van der Waals surface area contributed by atoms with Crippen molar-refractivity contribution in [2.75, 3.05) is 13.1 Å².